The molecule has 2 atom stereocenters. The van der Waals surface area contributed by atoms with E-state index in [0.717, 1.165) is 0 Å². The predicted octanol–water partition coefficient (Wildman–Crippen LogP) is 4.80. The Labute approximate surface area is 233 Å². The molecule has 0 amide bonds. The van der Waals surface area contributed by atoms with Crippen molar-refractivity contribution < 1.29 is 43.1 Å². The molecule has 0 saturated heterocycles. The van der Waals surface area contributed by atoms with E-state index in [0.29, 0.717) is 34.1 Å². The lowest BCUT2D eigenvalue weighted by Gasteiger charge is -2.29. The number of hydrogen-bond acceptors (Lipinski definition) is 10. The van der Waals surface area contributed by atoms with Gasteiger partial charge in [-0.05, 0) is 19.1 Å². The first-order chi connectivity index (χ1) is 19.2. The SMILES string of the molecule is COc1ccnc(C(=O)C[C@@H](C)C(=O)OC(C)C(c2cccc(OC)c2OC)c2cccc(OC)c2OC)c1O. The highest BCUT2D eigenvalue weighted by Gasteiger charge is 2.33. The molecule has 1 N–H and O–H groups in total. The Hall–Kier alpha value is -4.47. The number of ketones is 1. The normalized spacial score (nSPS) is 12.3. The van der Waals surface area contributed by atoms with Crippen LogP contribution >= 0.6 is 0 Å². The second-order valence-corrected chi connectivity index (χ2v) is 9.02. The van der Waals surface area contributed by atoms with E-state index in [4.69, 9.17) is 28.4 Å². The molecule has 1 heterocycles. The van der Waals surface area contributed by atoms with Gasteiger partial charge in [-0.1, -0.05) is 31.2 Å². The van der Waals surface area contributed by atoms with Gasteiger partial charge >= 0.3 is 5.97 Å². The Morgan fingerprint density at radius 2 is 1.30 bits per heavy atom. The van der Waals surface area contributed by atoms with Crippen LogP contribution in [0.4, 0.5) is 0 Å². The van der Waals surface area contributed by atoms with Crippen molar-refractivity contribution in [2.24, 2.45) is 5.92 Å². The van der Waals surface area contributed by atoms with Gasteiger partial charge in [0.05, 0.1) is 47.4 Å². The average Bonchev–Trinajstić information content (AvgIpc) is 2.96. The topological polar surface area (TPSA) is 123 Å². The molecule has 2 aromatic carbocycles. The fourth-order valence-corrected chi connectivity index (χ4v) is 4.62. The molecule has 3 rings (SSSR count). The Bertz CT molecular complexity index is 1290. The van der Waals surface area contributed by atoms with Gasteiger partial charge in [-0.3, -0.25) is 9.59 Å². The monoisotopic (exact) mass is 553 g/mol. The molecule has 40 heavy (non-hydrogen) atoms. The minimum Gasteiger partial charge on any atom is -0.503 e. The lowest BCUT2D eigenvalue weighted by molar-refractivity contribution is -0.153. The van der Waals surface area contributed by atoms with E-state index < -0.39 is 29.7 Å². The third-order valence-corrected chi connectivity index (χ3v) is 6.57. The maximum atomic E-state index is 13.3. The number of aromatic hydroxyl groups is 1. The van der Waals surface area contributed by atoms with Gasteiger partial charge in [0.15, 0.2) is 46.0 Å². The molecule has 0 aliphatic rings. The van der Waals surface area contributed by atoms with Gasteiger partial charge in [-0.2, -0.15) is 0 Å². The first kappa shape index (κ1) is 30.1. The molecular weight excluding hydrogens is 518 g/mol. The van der Waals surface area contributed by atoms with Crippen molar-refractivity contribution in [1.29, 1.82) is 0 Å². The largest absolute Gasteiger partial charge is 0.503 e. The lowest BCUT2D eigenvalue weighted by Crippen LogP contribution is -2.28. The van der Waals surface area contributed by atoms with Gasteiger partial charge in [0.1, 0.15) is 6.10 Å². The molecule has 0 saturated carbocycles. The van der Waals surface area contributed by atoms with Crippen LogP contribution < -0.4 is 23.7 Å². The summed E-state index contributed by atoms with van der Waals surface area (Å²) in [4.78, 5) is 30.1. The lowest BCUT2D eigenvalue weighted by atomic mass is 9.85. The molecule has 0 radical (unpaired) electrons. The first-order valence-electron chi connectivity index (χ1n) is 12.6. The predicted molar refractivity (Wildman–Crippen MR) is 147 cm³/mol. The molecule has 0 spiro atoms. The Morgan fingerprint density at radius 1 is 0.775 bits per heavy atom. The summed E-state index contributed by atoms with van der Waals surface area (Å²) < 4.78 is 33.4. The summed E-state index contributed by atoms with van der Waals surface area (Å²) in [5, 5.41) is 10.3. The number of Topliss-reactive ketones (excluding diaryl/α,β-unsaturated/α-hetero) is 1. The molecular formula is C30H35NO9. The number of carbonyl (C=O) groups excluding carboxylic acids is 2. The second kappa shape index (κ2) is 13.5. The molecule has 10 heteroatoms. The van der Waals surface area contributed by atoms with Crippen LogP contribution in [0.1, 0.15) is 47.8 Å². The van der Waals surface area contributed by atoms with E-state index in [2.05, 4.69) is 4.98 Å². The fraction of sp³-hybridized carbons (Fsp3) is 0.367. The van der Waals surface area contributed by atoms with E-state index in [1.807, 2.05) is 24.3 Å². The van der Waals surface area contributed by atoms with Crippen LogP contribution in [0.2, 0.25) is 0 Å². The van der Waals surface area contributed by atoms with Gasteiger partial charge in [-0.25, -0.2) is 4.98 Å². The number of carbonyl (C=O) groups is 2. The van der Waals surface area contributed by atoms with Crippen molar-refractivity contribution in [3.8, 4) is 34.5 Å². The smallest absolute Gasteiger partial charge is 0.309 e. The molecule has 3 aromatic rings. The van der Waals surface area contributed by atoms with Crippen molar-refractivity contribution in [1.82, 2.24) is 4.98 Å². The summed E-state index contributed by atoms with van der Waals surface area (Å²) in [5.41, 5.74) is 1.22. The third-order valence-electron chi connectivity index (χ3n) is 6.57. The molecule has 0 fully saturated rings. The number of aromatic nitrogens is 1. The molecule has 10 nitrogen and oxygen atoms in total. The number of rotatable bonds is 13. The van der Waals surface area contributed by atoms with Crippen LogP contribution in [0.5, 0.6) is 34.5 Å². The molecule has 1 unspecified atom stereocenters. The number of esters is 1. The number of ether oxygens (including phenoxy) is 6. The maximum Gasteiger partial charge on any atom is 0.309 e. The molecule has 1 aromatic heterocycles. The standard InChI is InChI=1S/C30H35NO9/c1-17(16-21(32)26-27(33)22(35-3)14-15-31-26)30(34)40-18(2)25(19-10-8-12-23(36-4)28(19)38-6)20-11-9-13-24(37-5)29(20)39-7/h8-15,17-18,25,33H,16H2,1-7H3/t17-,18?/m1/s1. The minimum absolute atomic E-state index is 0.115. The number of para-hydroxylation sites is 2. The molecule has 0 aliphatic carbocycles. The highest BCUT2D eigenvalue weighted by atomic mass is 16.5. The van der Waals surface area contributed by atoms with Crippen LogP contribution in [0.15, 0.2) is 48.7 Å². The average molecular weight is 554 g/mol. The number of nitrogens with zero attached hydrogens (tertiary/aromatic N) is 1. The van der Waals surface area contributed by atoms with Crippen molar-refractivity contribution in [3.63, 3.8) is 0 Å². The van der Waals surface area contributed by atoms with Crippen LogP contribution in [-0.4, -0.2) is 63.5 Å². The quantitative estimate of drug-likeness (QED) is 0.233. The zero-order chi connectivity index (χ0) is 29.4. The zero-order valence-corrected chi connectivity index (χ0v) is 23.7. The summed E-state index contributed by atoms with van der Waals surface area (Å²) >= 11 is 0. The summed E-state index contributed by atoms with van der Waals surface area (Å²) in [6.45, 7) is 3.34. The number of pyridine rings is 1. The van der Waals surface area contributed by atoms with Crippen molar-refractivity contribution in [2.45, 2.75) is 32.3 Å². The Kier molecular flexibility index (Phi) is 10.2. The van der Waals surface area contributed by atoms with Gasteiger partial charge in [0, 0.05) is 29.8 Å². The van der Waals surface area contributed by atoms with E-state index in [1.165, 1.54) is 33.6 Å². The van der Waals surface area contributed by atoms with E-state index in [1.54, 1.807) is 40.2 Å². The Morgan fingerprint density at radius 3 is 1.77 bits per heavy atom. The highest BCUT2D eigenvalue weighted by molar-refractivity contribution is 5.99. The maximum absolute atomic E-state index is 13.3. The molecule has 214 valence electrons. The van der Waals surface area contributed by atoms with Gasteiger partial charge < -0.3 is 33.5 Å². The van der Waals surface area contributed by atoms with Gasteiger partial charge in [0.2, 0.25) is 0 Å². The van der Waals surface area contributed by atoms with Crippen molar-refractivity contribution in [3.05, 3.63) is 65.5 Å². The van der Waals surface area contributed by atoms with Crippen LogP contribution in [0.25, 0.3) is 0 Å². The van der Waals surface area contributed by atoms with Crippen LogP contribution in [0, 0.1) is 5.92 Å². The molecule has 0 bridgehead atoms. The zero-order valence-electron chi connectivity index (χ0n) is 23.7. The molecule has 0 aliphatic heterocycles. The summed E-state index contributed by atoms with van der Waals surface area (Å²) in [5.74, 6) is -0.802. The minimum atomic E-state index is -0.831. The number of methoxy groups -OCH3 is 5. The van der Waals surface area contributed by atoms with E-state index in [-0.39, 0.29) is 23.6 Å². The summed E-state index contributed by atoms with van der Waals surface area (Å²) in [7, 11) is 7.52. The Balaban J connectivity index is 1.96. The van der Waals surface area contributed by atoms with Crippen LogP contribution in [-0.2, 0) is 9.53 Å². The van der Waals surface area contributed by atoms with E-state index in [9.17, 15) is 14.7 Å². The summed E-state index contributed by atoms with van der Waals surface area (Å²) in [6.07, 6.45) is 0.384. The fourth-order valence-electron chi connectivity index (χ4n) is 4.62. The van der Waals surface area contributed by atoms with Gasteiger partial charge in [0.25, 0.3) is 0 Å². The second-order valence-electron chi connectivity index (χ2n) is 9.02. The summed E-state index contributed by atoms with van der Waals surface area (Å²) in [6, 6.07) is 12.3. The first-order valence-corrected chi connectivity index (χ1v) is 12.6. The van der Waals surface area contributed by atoms with Crippen molar-refractivity contribution >= 4 is 11.8 Å². The van der Waals surface area contributed by atoms with Crippen LogP contribution in [0.3, 0.4) is 0 Å². The third kappa shape index (κ3) is 6.22. The number of benzene rings is 2. The van der Waals surface area contributed by atoms with E-state index >= 15 is 0 Å². The highest BCUT2D eigenvalue weighted by Crippen LogP contribution is 2.45. The number of hydrogen-bond donors (Lipinski definition) is 1. The van der Waals surface area contributed by atoms with Crippen molar-refractivity contribution in [2.75, 3.05) is 35.5 Å². The van der Waals surface area contributed by atoms with Gasteiger partial charge in [-0.15, -0.1) is 0 Å².